The quantitative estimate of drug-likeness (QED) is 0.683. The predicted octanol–water partition coefficient (Wildman–Crippen LogP) is 4.86. The molecule has 30 heavy (non-hydrogen) atoms. The second-order valence-corrected chi connectivity index (χ2v) is 8.51. The minimum Gasteiger partial charge on any atom is -0.352 e. The van der Waals surface area contributed by atoms with Crippen molar-refractivity contribution in [3.8, 4) is 0 Å². The van der Waals surface area contributed by atoms with E-state index in [0.29, 0.717) is 22.0 Å². The smallest absolute Gasteiger partial charge is 0.283 e. The Morgan fingerprint density at radius 2 is 1.87 bits per heavy atom. The summed E-state index contributed by atoms with van der Waals surface area (Å²) in [6.07, 6.45) is 10.3. The van der Waals surface area contributed by atoms with E-state index in [2.05, 4.69) is 10.3 Å². The van der Waals surface area contributed by atoms with Crippen molar-refractivity contribution in [2.75, 3.05) is 6.54 Å². The number of carbonyl (C=O) groups is 2. The Morgan fingerprint density at radius 1 is 1.10 bits per heavy atom. The predicted molar refractivity (Wildman–Crippen MR) is 124 cm³/mol. The van der Waals surface area contributed by atoms with E-state index in [-0.39, 0.29) is 17.1 Å². The van der Waals surface area contributed by atoms with Crippen molar-refractivity contribution < 1.29 is 9.59 Å². The fourth-order valence-corrected chi connectivity index (χ4v) is 4.30. The standard InChI is InChI=1S/C24H19ClN2O2S/c25-19-11-7-16(8-12-19)13-14-26-23(28)18-9-5-17(6-10-18)15-22-24(29)27-20-3-1-2-4-21(20)30-22/h1-12,15,21H,13-14H2,(H,26,28)/b22-15+. The molecule has 1 heterocycles. The molecule has 0 fully saturated rings. The van der Waals surface area contributed by atoms with E-state index in [1.165, 1.54) is 11.8 Å². The van der Waals surface area contributed by atoms with Gasteiger partial charge < -0.3 is 5.32 Å². The zero-order chi connectivity index (χ0) is 20.9. The highest BCUT2D eigenvalue weighted by molar-refractivity contribution is 8.05. The molecule has 2 aromatic carbocycles. The third-order valence-corrected chi connectivity index (χ3v) is 6.18. The average molecular weight is 435 g/mol. The second kappa shape index (κ2) is 9.28. The van der Waals surface area contributed by atoms with Crippen LogP contribution in [0.25, 0.3) is 6.08 Å². The van der Waals surface area contributed by atoms with E-state index in [4.69, 9.17) is 11.6 Å². The van der Waals surface area contributed by atoms with Gasteiger partial charge in [-0.05, 0) is 54.0 Å². The molecule has 4 nitrogen and oxygen atoms in total. The number of nitrogens with one attached hydrogen (secondary N) is 1. The number of fused-ring (bicyclic) bond motifs is 1. The van der Waals surface area contributed by atoms with Gasteiger partial charge in [-0.15, -0.1) is 11.8 Å². The van der Waals surface area contributed by atoms with E-state index in [1.54, 1.807) is 12.1 Å². The first-order valence-corrected chi connectivity index (χ1v) is 10.8. The van der Waals surface area contributed by atoms with Gasteiger partial charge in [0.1, 0.15) is 0 Å². The fourth-order valence-electron chi connectivity index (χ4n) is 3.12. The van der Waals surface area contributed by atoms with Crippen molar-refractivity contribution in [1.29, 1.82) is 0 Å². The Morgan fingerprint density at radius 3 is 2.63 bits per heavy atom. The van der Waals surface area contributed by atoms with Gasteiger partial charge in [0.05, 0.1) is 15.9 Å². The summed E-state index contributed by atoms with van der Waals surface area (Å²) < 4.78 is 0. The zero-order valence-electron chi connectivity index (χ0n) is 16.0. The molecule has 150 valence electrons. The molecule has 0 saturated carbocycles. The SMILES string of the molecule is O=C1N=C2C=CC=CC2S/C1=C/c1ccc(C(=O)NCCc2ccc(Cl)cc2)cc1. The molecule has 1 N–H and O–H groups in total. The second-order valence-electron chi connectivity index (χ2n) is 6.89. The van der Waals surface area contributed by atoms with Crippen LogP contribution in [0.3, 0.4) is 0 Å². The normalized spacial score (nSPS) is 18.8. The first-order chi connectivity index (χ1) is 14.6. The molecule has 0 bridgehead atoms. The highest BCUT2D eigenvalue weighted by Crippen LogP contribution is 2.32. The van der Waals surface area contributed by atoms with Crippen molar-refractivity contribution >= 4 is 47.0 Å². The molecule has 4 rings (SSSR count). The van der Waals surface area contributed by atoms with Crippen molar-refractivity contribution in [2.24, 2.45) is 4.99 Å². The van der Waals surface area contributed by atoms with Gasteiger partial charge in [-0.2, -0.15) is 0 Å². The number of halogens is 1. The molecule has 0 radical (unpaired) electrons. The Labute approximate surface area is 184 Å². The van der Waals surface area contributed by atoms with Crippen LogP contribution in [0.4, 0.5) is 0 Å². The van der Waals surface area contributed by atoms with Gasteiger partial charge in [0.25, 0.3) is 11.8 Å². The van der Waals surface area contributed by atoms with Crippen LogP contribution in [0.5, 0.6) is 0 Å². The summed E-state index contributed by atoms with van der Waals surface area (Å²) in [5, 5.41) is 3.70. The maximum atomic E-state index is 12.4. The van der Waals surface area contributed by atoms with Gasteiger partial charge in [0.15, 0.2) is 0 Å². The molecule has 0 aromatic heterocycles. The highest BCUT2D eigenvalue weighted by atomic mass is 35.5. The number of hydrogen-bond donors (Lipinski definition) is 1. The van der Waals surface area contributed by atoms with Crippen LogP contribution < -0.4 is 5.32 Å². The molecule has 2 amide bonds. The summed E-state index contributed by atoms with van der Waals surface area (Å²) in [6, 6.07) is 14.8. The minimum atomic E-state index is -0.227. The van der Waals surface area contributed by atoms with E-state index in [1.807, 2.05) is 66.8 Å². The van der Waals surface area contributed by atoms with E-state index >= 15 is 0 Å². The number of amides is 2. The molecular weight excluding hydrogens is 416 g/mol. The molecule has 6 heteroatoms. The number of rotatable bonds is 5. The molecule has 2 aromatic rings. The molecule has 0 spiro atoms. The fraction of sp³-hybridized carbons (Fsp3) is 0.125. The summed E-state index contributed by atoms with van der Waals surface area (Å²) >= 11 is 7.38. The number of nitrogens with zero attached hydrogens (tertiary/aromatic N) is 1. The van der Waals surface area contributed by atoms with Crippen LogP contribution in [0.2, 0.25) is 5.02 Å². The summed E-state index contributed by atoms with van der Waals surface area (Å²) in [5.74, 6) is -0.352. The van der Waals surface area contributed by atoms with Crippen molar-refractivity contribution in [1.82, 2.24) is 5.32 Å². The zero-order valence-corrected chi connectivity index (χ0v) is 17.6. The number of thioether (sulfide) groups is 1. The number of carbonyl (C=O) groups excluding carboxylic acids is 2. The third-order valence-electron chi connectivity index (χ3n) is 4.73. The maximum Gasteiger partial charge on any atom is 0.283 e. The van der Waals surface area contributed by atoms with Crippen molar-refractivity contribution in [3.05, 3.63) is 99.5 Å². The van der Waals surface area contributed by atoms with Gasteiger partial charge in [-0.25, -0.2) is 4.99 Å². The summed E-state index contributed by atoms with van der Waals surface area (Å²) in [4.78, 5) is 29.4. The van der Waals surface area contributed by atoms with Gasteiger partial charge in [0, 0.05) is 17.1 Å². The number of allylic oxidation sites excluding steroid dienone is 3. The molecule has 1 unspecified atom stereocenters. The van der Waals surface area contributed by atoms with Crippen LogP contribution in [-0.4, -0.2) is 29.3 Å². The third kappa shape index (κ3) is 4.99. The average Bonchev–Trinajstić information content (AvgIpc) is 2.76. The number of benzene rings is 2. The minimum absolute atomic E-state index is 0.0737. The molecular formula is C24H19ClN2O2S. The van der Waals surface area contributed by atoms with Crippen LogP contribution in [0.1, 0.15) is 21.5 Å². The first kappa shape index (κ1) is 20.4. The van der Waals surface area contributed by atoms with Crippen LogP contribution >= 0.6 is 23.4 Å². The number of aliphatic imine (C=N–C) groups is 1. The lowest BCUT2D eigenvalue weighted by Gasteiger charge is -2.20. The first-order valence-electron chi connectivity index (χ1n) is 9.57. The van der Waals surface area contributed by atoms with Crippen LogP contribution in [0.15, 0.2) is 82.7 Å². The van der Waals surface area contributed by atoms with Gasteiger partial charge in [-0.1, -0.05) is 54.1 Å². The van der Waals surface area contributed by atoms with Crippen molar-refractivity contribution in [3.63, 3.8) is 0 Å². The lowest BCUT2D eigenvalue weighted by atomic mass is 10.1. The van der Waals surface area contributed by atoms with E-state index in [9.17, 15) is 9.59 Å². The molecule has 1 aliphatic carbocycles. The van der Waals surface area contributed by atoms with Crippen LogP contribution in [0, 0.1) is 0 Å². The maximum absolute atomic E-state index is 12.4. The lowest BCUT2D eigenvalue weighted by molar-refractivity contribution is -0.113. The van der Waals surface area contributed by atoms with Gasteiger partial charge in [0.2, 0.25) is 0 Å². The Hall–Kier alpha value is -2.89. The molecule has 1 atom stereocenters. The van der Waals surface area contributed by atoms with E-state index in [0.717, 1.165) is 23.3 Å². The Kier molecular flexibility index (Phi) is 6.31. The molecule has 1 aliphatic heterocycles. The number of hydrogen-bond acceptors (Lipinski definition) is 3. The largest absolute Gasteiger partial charge is 0.352 e. The summed E-state index contributed by atoms with van der Waals surface area (Å²) in [6.45, 7) is 0.543. The van der Waals surface area contributed by atoms with Crippen molar-refractivity contribution in [2.45, 2.75) is 11.7 Å². The topological polar surface area (TPSA) is 58.5 Å². The Bertz CT molecular complexity index is 1080. The lowest BCUT2D eigenvalue weighted by Crippen LogP contribution is -2.25. The van der Waals surface area contributed by atoms with E-state index < -0.39 is 0 Å². The van der Waals surface area contributed by atoms with Gasteiger partial charge >= 0.3 is 0 Å². The molecule has 0 saturated heterocycles. The van der Waals surface area contributed by atoms with Crippen LogP contribution in [-0.2, 0) is 11.2 Å². The molecule has 2 aliphatic rings. The van der Waals surface area contributed by atoms with Gasteiger partial charge in [-0.3, -0.25) is 9.59 Å². The monoisotopic (exact) mass is 434 g/mol. The summed E-state index contributed by atoms with van der Waals surface area (Å²) in [7, 11) is 0. The summed E-state index contributed by atoms with van der Waals surface area (Å²) in [5.41, 5.74) is 3.34. The Balaban J connectivity index is 1.36. The highest BCUT2D eigenvalue weighted by Gasteiger charge is 2.25.